The van der Waals surface area contributed by atoms with Crippen molar-refractivity contribution in [2.24, 2.45) is 0 Å². The highest BCUT2D eigenvalue weighted by molar-refractivity contribution is 5.88. The number of esters is 1. The molecule has 0 fully saturated rings. The summed E-state index contributed by atoms with van der Waals surface area (Å²) in [7, 11) is 0. The Bertz CT molecular complexity index is 619. The smallest absolute Gasteiger partial charge is 0.416 e. The number of benzene rings is 1. The van der Waals surface area contributed by atoms with Crippen LogP contribution in [0.15, 0.2) is 36.7 Å². The normalized spacial score (nSPS) is 10.7. The third-order valence-electron chi connectivity index (χ3n) is 2.77. The minimum Gasteiger partial charge on any atom is -0.462 e. The van der Waals surface area contributed by atoms with Crippen LogP contribution in [-0.4, -0.2) is 22.4 Å². The Morgan fingerprint density at radius 3 is 2.35 bits per heavy atom. The molecule has 0 aliphatic heterocycles. The molecule has 1 heterocycles. The predicted octanol–water partition coefficient (Wildman–Crippen LogP) is 4.15. The van der Waals surface area contributed by atoms with Gasteiger partial charge in [-0.1, -0.05) is 26.0 Å². The number of nitrogens with zero attached hydrogens (tertiary/aromatic N) is 2. The molecule has 2 aromatic rings. The molecule has 1 aromatic heterocycles. The summed E-state index contributed by atoms with van der Waals surface area (Å²) in [5, 5.41) is 3.98. The second-order valence-electron chi connectivity index (χ2n) is 4.34. The van der Waals surface area contributed by atoms with Gasteiger partial charge < -0.3 is 4.74 Å². The number of halogens is 3. The number of alkyl halides is 3. The lowest BCUT2D eigenvalue weighted by Gasteiger charge is -2.07. The average Bonchev–Trinajstić information content (AvgIpc) is 2.98. The molecule has 0 aliphatic carbocycles. The monoisotopic (exact) mass is 328 g/mol. The fourth-order valence-corrected chi connectivity index (χ4v) is 1.76. The van der Waals surface area contributed by atoms with Gasteiger partial charge in [-0.3, -0.25) is 4.68 Å². The lowest BCUT2D eigenvalue weighted by Crippen LogP contribution is -2.06. The van der Waals surface area contributed by atoms with Crippen molar-refractivity contribution in [1.29, 1.82) is 0 Å². The van der Waals surface area contributed by atoms with Crippen molar-refractivity contribution in [1.82, 2.24) is 9.78 Å². The summed E-state index contributed by atoms with van der Waals surface area (Å²) in [4.78, 5) is 11.5. The lowest BCUT2D eigenvalue weighted by atomic mass is 10.1. The quantitative estimate of drug-likeness (QED) is 0.792. The van der Waals surface area contributed by atoms with Crippen LogP contribution in [0.3, 0.4) is 0 Å². The molecule has 0 bridgehead atoms. The predicted molar refractivity (Wildman–Crippen MR) is 80.1 cm³/mol. The highest BCUT2D eigenvalue weighted by Crippen LogP contribution is 2.29. The number of carbonyl (C=O) groups is 1. The summed E-state index contributed by atoms with van der Waals surface area (Å²) >= 11 is 0. The summed E-state index contributed by atoms with van der Waals surface area (Å²) in [6, 6.07) is 4.80. The van der Waals surface area contributed by atoms with Gasteiger partial charge in [0.1, 0.15) is 0 Å². The molecule has 0 saturated carbocycles. The van der Waals surface area contributed by atoms with Crippen LogP contribution in [0.25, 0.3) is 0 Å². The molecule has 2 rings (SSSR count). The van der Waals surface area contributed by atoms with Gasteiger partial charge in [0.2, 0.25) is 0 Å². The SMILES string of the molecule is CC.CCOC(=O)c1cnn(Cc2ccc(C(F)(F)F)cc2)c1. The summed E-state index contributed by atoms with van der Waals surface area (Å²) < 4.78 is 43.6. The highest BCUT2D eigenvalue weighted by Gasteiger charge is 2.29. The third kappa shape index (κ3) is 5.43. The van der Waals surface area contributed by atoms with E-state index in [4.69, 9.17) is 4.74 Å². The van der Waals surface area contributed by atoms with Crippen molar-refractivity contribution in [3.05, 3.63) is 53.3 Å². The van der Waals surface area contributed by atoms with Crippen LogP contribution >= 0.6 is 0 Å². The fraction of sp³-hybridized carbons (Fsp3) is 0.375. The van der Waals surface area contributed by atoms with E-state index in [-0.39, 0.29) is 13.2 Å². The van der Waals surface area contributed by atoms with E-state index in [0.717, 1.165) is 12.1 Å². The number of carbonyl (C=O) groups excluding carboxylic acids is 1. The number of hydrogen-bond acceptors (Lipinski definition) is 3. The van der Waals surface area contributed by atoms with E-state index in [1.807, 2.05) is 13.8 Å². The first kappa shape index (κ1) is 18.7. The van der Waals surface area contributed by atoms with Gasteiger partial charge in [0.15, 0.2) is 0 Å². The van der Waals surface area contributed by atoms with Gasteiger partial charge in [0, 0.05) is 6.20 Å². The number of rotatable bonds is 4. The van der Waals surface area contributed by atoms with Crippen LogP contribution < -0.4 is 0 Å². The molecule has 126 valence electrons. The molecular formula is C16H19F3N2O2. The molecule has 0 radical (unpaired) electrons. The van der Waals surface area contributed by atoms with Crippen molar-refractivity contribution in [3.8, 4) is 0 Å². The summed E-state index contributed by atoms with van der Waals surface area (Å²) in [5.74, 6) is -0.476. The van der Waals surface area contributed by atoms with E-state index in [0.29, 0.717) is 11.1 Å². The van der Waals surface area contributed by atoms with E-state index < -0.39 is 17.7 Å². The van der Waals surface area contributed by atoms with Crippen LogP contribution in [0.4, 0.5) is 13.2 Å². The Kier molecular flexibility index (Phi) is 6.81. The first-order chi connectivity index (χ1) is 10.9. The molecule has 0 unspecified atom stereocenters. The van der Waals surface area contributed by atoms with Gasteiger partial charge in [-0.05, 0) is 24.6 Å². The largest absolute Gasteiger partial charge is 0.462 e. The minimum atomic E-state index is -4.35. The molecule has 7 heteroatoms. The fourth-order valence-electron chi connectivity index (χ4n) is 1.76. The zero-order valence-electron chi connectivity index (χ0n) is 13.2. The Morgan fingerprint density at radius 1 is 1.22 bits per heavy atom. The van der Waals surface area contributed by atoms with Crippen LogP contribution in [0, 0.1) is 0 Å². The van der Waals surface area contributed by atoms with E-state index in [1.165, 1.54) is 29.2 Å². The van der Waals surface area contributed by atoms with Gasteiger partial charge in [-0.25, -0.2) is 4.79 Å². The molecule has 0 N–H and O–H groups in total. The van der Waals surface area contributed by atoms with E-state index in [2.05, 4.69) is 5.10 Å². The molecule has 23 heavy (non-hydrogen) atoms. The number of ether oxygens (including phenoxy) is 1. The Morgan fingerprint density at radius 2 is 1.83 bits per heavy atom. The molecule has 0 atom stereocenters. The van der Waals surface area contributed by atoms with Crippen LogP contribution in [0.5, 0.6) is 0 Å². The zero-order chi connectivity index (χ0) is 17.5. The standard InChI is InChI=1S/C14H13F3N2O2.C2H6/c1-2-21-13(20)11-7-18-19(9-11)8-10-3-5-12(6-4-10)14(15,16)17;1-2/h3-7,9H,2,8H2,1H3;1-2H3. The van der Waals surface area contributed by atoms with Gasteiger partial charge in [-0.15, -0.1) is 0 Å². The van der Waals surface area contributed by atoms with Crippen molar-refractivity contribution >= 4 is 5.97 Å². The first-order valence-electron chi connectivity index (χ1n) is 7.26. The van der Waals surface area contributed by atoms with Crippen molar-refractivity contribution in [2.75, 3.05) is 6.61 Å². The van der Waals surface area contributed by atoms with E-state index in [9.17, 15) is 18.0 Å². The molecule has 0 spiro atoms. The molecule has 4 nitrogen and oxygen atoms in total. The molecule has 1 aromatic carbocycles. The Labute approximate surface area is 132 Å². The number of hydrogen-bond donors (Lipinski definition) is 0. The molecule has 0 aliphatic rings. The van der Waals surface area contributed by atoms with Crippen LogP contribution in [-0.2, 0) is 17.5 Å². The van der Waals surface area contributed by atoms with Crippen molar-refractivity contribution in [3.63, 3.8) is 0 Å². The third-order valence-corrected chi connectivity index (χ3v) is 2.77. The topological polar surface area (TPSA) is 44.1 Å². The maximum absolute atomic E-state index is 12.4. The molecule has 0 saturated heterocycles. The summed E-state index contributed by atoms with van der Waals surface area (Å²) in [6.45, 7) is 6.24. The van der Waals surface area contributed by atoms with Gasteiger partial charge >= 0.3 is 12.1 Å². The highest BCUT2D eigenvalue weighted by atomic mass is 19.4. The van der Waals surface area contributed by atoms with Crippen molar-refractivity contribution < 1.29 is 22.7 Å². The molecular weight excluding hydrogens is 309 g/mol. The second-order valence-corrected chi connectivity index (χ2v) is 4.34. The second kappa shape index (κ2) is 8.36. The van der Waals surface area contributed by atoms with E-state index >= 15 is 0 Å². The van der Waals surface area contributed by atoms with Crippen LogP contribution in [0.1, 0.15) is 42.3 Å². The van der Waals surface area contributed by atoms with E-state index in [1.54, 1.807) is 6.92 Å². The first-order valence-corrected chi connectivity index (χ1v) is 7.26. The maximum Gasteiger partial charge on any atom is 0.416 e. The number of aromatic nitrogens is 2. The Balaban J connectivity index is 0.00000127. The minimum absolute atomic E-state index is 0.267. The average molecular weight is 328 g/mol. The van der Waals surface area contributed by atoms with Crippen molar-refractivity contribution in [2.45, 2.75) is 33.5 Å². The van der Waals surface area contributed by atoms with Gasteiger partial charge in [0.25, 0.3) is 0 Å². The lowest BCUT2D eigenvalue weighted by molar-refractivity contribution is -0.137. The zero-order valence-corrected chi connectivity index (χ0v) is 13.2. The Hall–Kier alpha value is -2.31. The summed E-state index contributed by atoms with van der Waals surface area (Å²) in [6.07, 6.45) is -1.49. The van der Waals surface area contributed by atoms with Gasteiger partial charge in [0.05, 0.1) is 30.5 Å². The van der Waals surface area contributed by atoms with Crippen LogP contribution in [0.2, 0.25) is 0 Å². The maximum atomic E-state index is 12.4. The van der Waals surface area contributed by atoms with Gasteiger partial charge in [-0.2, -0.15) is 18.3 Å². The summed E-state index contributed by atoms with van der Waals surface area (Å²) in [5.41, 5.74) is 0.268. The molecule has 0 amide bonds.